The Bertz CT molecular complexity index is 1210. The largest absolute Gasteiger partial charge is 0.423 e. The van der Waals surface area contributed by atoms with Gasteiger partial charge in [0, 0.05) is 4.47 Å². The molecule has 0 spiro atoms. The molecule has 0 atom stereocenters. The van der Waals surface area contributed by atoms with Gasteiger partial charge in [-0.3, -0.25) is 14.5 Å². The Morgan fingerprint density at radius 3 is 2.28 bits per heavy atom. The molecule has 32 heavy (non-hydrogen) atoms. The number of esters is 1. The second-order valence-electron chi connectivity index (χ2n) is 6.86. The van der Waals surface area contributed by atoms with Crippen LogP contribution in [0.5, 0.6) is 5.75 Å². The van der Waals surface area contributed by atoms with Gasteiger partial charge in [-0.25, -0.2) is 9.18 Å². The maximum absolute atomic E-state index is 13.1. The number of ether oxygens (including phenoxy) is 1. The fourth-order valence-electron chi connectivity index (χ4n) is 2.94. The molecule has 5 nitrogen and oxygen atoms in total. The minimum Gasteiger partial charge on any atom is -0.423 e. The lowest BCUT2D eigenvalue weighted by atomic mass is 10.2. The van der Waals surface area contributed by atoms with E-state index in [0.29, 0.717) is 22.4 Å². The summed E-state index contributed by atoms with van der Waals surface area (Å²) in [6.07, 6.45) is 1.61. The highest BCUT2D eigenvalue weighted by Crippen LogP contribution is 2.33. The lowest BCUT2D eigenvalue weighted by molar-refractivity contribution is -0.123. The predicted molar refractivity (Wildman–Crippen MR) is 123 cm³/mol. The summed E-state index contributed by atoms with van der Waals surface area (Å²) in [4.78, 5) is 38.6. The third kappa shape index (κ3) is 5.15. The number of imide groups is 1. The van der Waals surface area contributed by atoms with Gasteiger partial charge in [0.1, 0.15) is 11.6 Å². The van der Waals surface area contributed by atoms with Crippen LogP contribution in [0.15, 0.2) is 82.2 Å². The molecule has 2 amide bonds. The number of nitrogens with zero attached hydrogens (tertiary/aromatic N) is 1. The molecule has 1 saturated heterocycles. The Morgan fingerprint density at radius 2 is 1.62 bits per heavy atom. The first-order chi connectivity index (χ1) is 15.4. The summed E-state index contributed by atoms with van der Waals surface area (Å²) in [5, 5.41) is -0.384. The Labute approximate surface area is 196 Å². The molecule has 0 saturated carbocycles. The van der Waals surface area contributed by atoms with Crippen molar-refractivity contribution in [2.24, 2.45) is 0 Å². The first-order valence-electron chi connectivity index (χ1n) is 9.47. The molecule has 0 unspecified atom stereocenters. The molecule has 0 aliphatic carbocycles. The van der Waals surface area contributed by atoms with Crippen LogP contribution in [0.2, 0.25) is 0 Å². The van der Waals surface area contributed by atoms with Gasteiger partial charge in [0.25, 0.3) is 11.1 Å². The Balaban J connectivity index is 1.42. The van der Waals surface area contributed by atoms with Crippen LogP contribution in [0, 0.1) is 5.82 Å². The van der Waals surface area contributed by atoms with E-state index in [1.807, 2.05) is 0 Å². The Kier molecular flexibility index (Phi) is 6.53. The summed E-state index contributed by atoms with van der Waals surface area (Å²) in [6, 6.07) is 19.1. The van der Waals surface area contributed by atoms with Gasteiger partial charge in [0.2, 0.25) is 0 Å². The highest BCUT2D eigenvalue weighted by molar-refractivity contribution is 9.10. The molecule has 1 fully saturated rings. The monoisotopic (exact) mass is 511 g/mol. The van der Waals surface area contributed by atoms with E-state index in [1.165, 1.54) is 24.3 Å². The van der Waals surface area contributed by atoms with E-state index in [2.05, 4.69) is 15.9 Å². The van der Waals surface area contributed by atoms with Crippen molar-refractivity contribution >= 4 is 50.9 Å². The van der Waals surface area contributed by atoms with Gasteiger partial charge in [0.05, 0.1) is 17.0 Å². The zero-order valence-electron chi connectivity index (χ0n) is 16.5. The molecule has 8 heteroatoms. The number of thioether (sulfide) groups is 1. The van der Waals surface area contributed by atoms with Gasteiger partial charge < -0.3 is 4.74 Å². The normalized spacial score (nSPS) is 14.8. The lowest BCUT2D eigenvalue weighted by Crippen LogP contribution is -2.27. The van der Waals surface area contributed by atoms with E-state index in [0.717, 1.165) is 21.1 Å². The summed E-state index contributed by atoms with van der Waals surface area (Å²) >= 11 is 4.16. The number of hydrogen-bond donors (Lipinski definition) is 0. The van der Waals surface area contributed by atoms with Gasteiger partial charge in [-0.05, 0) is 77.5 Å². The van der Waals surface area contributed by atoms with Gasteiger partial charge in [-0.15, -0.1) is 0 Å². The zero-order chi connectivity index (χ0) is 22.7. The zero-order valence-corrected chi connectivity index (χ0v) is 18.9. The van der Waals surface area contributed by atoms with Crippen LogP contribution in [-0.4, -0.2) is 22.0 Å². The molecular weight excluding hydrogens is 497 g/mol. The third-order valence-electron chi connectivity index (χ3n) is 4.60. The molecular formula is C24H15BrFNO4S. The van der Waals surface area contributed by atoms with Crippen LogP contribution in [0.25, 0.3) is 6.08 Å². The average Bonchev–Trinajstić information content (AvgIpc) is 3.04. The minimum atomic E-state index is -0.479. The molecule has 0 aromatic heterocycles. The highest BCUT2D eigenvalue weighted by Gasteiger charge is 2.34. The van der Waals surface area contributed by atoms with Crippen molar-refractivity contribution in [1.82, 2.24) is 4.90 Å². The number of rotatable bonds is 5. The Hall–Kier alpha value is -3.23. The maximum Gasteiger partial charge on any atom is 0.343 e. The molecule has 1 aliphatic heterocycles. The Morgan fingerprint density at radius 1 is 0.969 bits per heavy atom. The molecule has 0 bridgehead atoms. The van der Waals surface area contributed by atoms with Crippen LogP contribution in [0.3, 0.4) is 0 Å². The second-order valence-corrected chi connectivity index (χ2v) is 8.77. The standard InChI is InChI=1S/C24H15BrFNO4S/c25-18-7-5-17(6-8-18)23(29)31-20-11-3-15(4-12-20)13-21-22(28)27(24(30)32-21)14-16-1-9-19(26)10-2-16/h1-13H,14H2/b21-13-. The van der Waals surface area contributed by atoms with Crippen molar-refractivity contribution in [3.63, 3.8) is 0 Å². The third-order valence-corrected chi connectivity index (χ3v) is 6.03. The summed E-state index contributed by atoms with van der Waals surface area (Å²) in [5.74, 6) is -0.907. The predicted octanol–water partition coefficient (Wildman–Crippen LogP) is 6.04. The number of carbonyl (C=O) groups excluding carboxylic acids is 3. The molecule has 0 radical (unpaired) electrons. The van der Waals surface area contributed by atoms with Crippen LogP contribution in [-0.2, 0) is 11.3 Å². The molecule has 1 aliphatic rings. The molecule has 160 valence electrons. The average molecular weight is 512 g/mol. The van der Waals surface area contributed by atoms with Crippen molar-refractivity contribution in [2.75, 3.05) is 0 Å². The smallest absolute Gasteiger partial charge is 0.343 e. The highest BCUT2D eigenvalue weighted by atomic mass is 79.9. The first-order valence-corrected chi connectivity index (χ1v) is 11.1. The van der Waals surface area contributed by atoms with Crippen molar-refractivity contribution in [2.45, 2.75) is 6.54 Å². The lowest BCUT2D eigenvalue weighted by Gasteiger charge is -2.12. The number of hydrogen-bond acceptors (Lipinski definition) is 5. The van der Waals surface area contributed by atoms with Crippen LogP contribution >= 0.6 is 27.7 Å². The van der Waals surface area contributed by atoms with Crippen molar-refractivity contribution in [3.8, 4) is 5.75 Å². The second kappa shape index (κ2) is 9.50. The summed E-state index contributed by atoms with van der Waals surface area (Å²) < 4.78 is 19.3. The van der Waals surface area contributed by atoms with E-state index >= 15 is 0 Å². The van der Waals surface area contributed by atoms with Crippen LogP contribution < -0.4 is 4.74 Å². The molecule has 1 heterocycles. The van der Waals surface area contributed by atoms with E-state index in [1.54, 1.807) is 54.6 Å². The van der Waals surface area contributed by atoms with E-state index in [4.69, 9.17) is 4.74 Å². The summed E-state index contributed by atoms with van der Waals surface area (Å²) in [5.41, 5.74) is 1.76. The summed E-state index contributed by atoms with van der Waals surface area (Å²) in [6.45, 7) is 0.0766. The maximum atomic E-state index is 13.1. The van der Waals surface area contributed by atoms with Gasteiger partial charge in [-0.1, -0.05) is 40.2 Å². The van der Waals surface area contributed by atoms with Gasteiger partial charge >= 0.3 is 5.97 Å². The summed E-state index contributed by atoms with van der Waals surface area (Å²) in [7, 11) is 0. The first kappa shape index (κ1) is 22.0. The number of halogens is 2. The van der Waals surface area contributed by atoms with Crippen LogP contribution in [0.4, 0.5) is 9.18 Å². The van der Waals surface area contributed by atoms with Crippen molar-refractivity contribution < 1.29 is 23.5 Å². The number of benzene rings is 3. The van der Waals surface area contributed by atoms with Gasteiger partial charge in [0.15, 0.2) is 0 Å². The van der Waals surface area contributed by atoms with E-state index in [-0.39, 0.29) is 22.5 Å². The van der Waals surface area contributed by atoms with Gasteiger partial charge in [-0.2, -0.15) is 0 Å². The number of carbonyl (C=O) groups is 3. The topological polar surface area (TPSA) is 63.7 Å². The van der Waals surface area contributed by atoms with Crippen molar-refractivity contribution in [1.29, 1.82) is 0 Å². The number of amides is 2. The quantitative estimate of drug-likeness (QED) is 0.237. The molecule has 0 N–H and O–H groups in total. The SMILES string of the molecule is O=C(Oc1ccc(/C=C2\SC(=O)N(Cc3ccc(F)cc3)C2=O)cc1)c1ccc(Br)cc1. The molecule has 3 aromatic carbocycles. The minimum absolute atomic E-state index is 0.0766. The fourth-order valence-corrected chi connectivity index (χ4v) is 4.05. The van der Waals surface area contributed by atoms with E-state index < -0.39 is 11.9 Å². The molecule has 3 aromatic rings. The van der Waals surface area contributed by atoms with E-state index in [9.17, 15) is 18.8 Å². The fraction of sp³-hybridized carbons (Fsp3) is 0.0417. The molecule has 4 rings (SSSR count). The van der Waals surface area contributed by atoms with Crippen LogP contribution in [0.1, 0.15) is 21.5 Å². The van der Waals surface area contributed by atoms with Crippen molar-refractivity contribution in [3.05, 3.63) is 105 Å².